The largest absolute Gasteiger partial charge is 0.511 e. The zero-order valence-corrected chi connectivity index (χ0v) is 17.9. The summed E-state index contributed by atoms with van der Waals surface area (Å²) >= 11 is 0. The average Bonchev–Trinajstić information content (AvgIpc) is 2.83. The fourth-order valence-corrected chi connectivity index (χ4v) is 4.45. The minimum absolute atomic E-state index is 0.304. The molecule has 32 heavy (non-hydrogen) atoms. The van der Waals surface area contributed by atoms with Gasteiger partial charge in [0.15, 0.2) is 5.41 Å². The van der Waals surface area contributed by atoms with Crippen LogP contribution in [-0.4, -0.2) is 31.3 Å². The topological polar surface area (TPSA) is 120 Å². The van der Waals surface area contributed by atoms with Gasteiger partial charge in [-0.25, -0.2) is 4.79 Å². The van der Waals surface area contributed by atoms with E-state index in [0.29, 0.717) is 11.1 Å². The minimum Gasteiger partial charge on any atom is -0.511 e. The first-order chi connectivity index (χ1) is 15.4. The van der Waals surface area contributed by atoms with Gasteiger partial charge in [-0.3, -0.25) is 4.79 Å². The predicted octanol–water partition coefficient (Wildman–Crippen LogP) is 3.68. The van der Waals surface area contributed by atoms with E-state index in [1.807, 2.05) is 6.92 Å². The molecule has 3 rings (SSSR count). The zero-order valence-electron chi connectivity index (χ0n) is 17.9. The SMILES string of the molecule is COC(=O)C1=C(O)[C@H](C(=O)OC)[C@H](c2ccccc2)C(C#N)(C#N)[C@H]1c1ccc(C)cc1. The highest BCUT2D eigenvalue weighted by Gasteiger charge is 2.61. The van der Waals surface area contributed by atoms with Gasteiger partial charge in [-0.1, -0.05) is 60.2 Å². The molecule has 2 aromatic rings. The lowest BCUT2D eigenvalue weighted by atomic mass is 9.54. The van der Waals surface area contributed by atoms with Crippen LogP contribution >= 0.6 is 0 Å². The number of carbonyl (C=O) groups is 2. The number of nitrogens with zero attached hydrogens (tertiary/aromatic N) is 2. The van der Waals surface area contributed by atoms with E-state index >= 15 is 0 Å². The molecule has 0 fully saturated rings. The highest BCUT2D eigenvalue weighted by atomic mass is 16.5. The third kappa shape index (κ3) is 3.48. The predicted molar refractivity (Wildman–Crippen MR) is 114 cm³/mol. The highest BCUT2D eigenvalue weighted by molar-refractivity contribution is 5.94. The van der Waals surface area contributed by atoms with E-state index in [1.165, 1.54) is 0 Å². The monoisotopic (exact) mass is 430 g/mol. The van der Waals surface area contributed by atoms with Crippen molar-refractivity contribution < 1.29 is 24.2 Å². The molecule has 0 amide bonds. The van der Waals surface area contributed by atoms with Crippen molar-refractivity contribution in [2.45, 2.75) is 18.8 Å². The van der Waals surface area contributed by atoms with E-state index < -0.39 is 40.9 Å². The molecule has 0 saturated carbocycles. The molecule has 0 saturated heterocycles. The number of hydrogen-bond donors (Lipinski definition) is 1. The first-order valence-corrected chi connectivity index (χ1v) is 9.89. The molecule has 7 nitrogen and oxygen atoms in total. The van der Waals surface area contributed by atoms with Crippen LogP contribution in [-0.2, 0) is 19.1 Å². The van der Waals surface area contributed by atoms with Gasteiger partial charge in [0.05, 0.1) is 37.8 Å². The molecular formula is C25H22N2O5. The van der Waals surface area contributed by atoms with Crippen LogP contribution in [0.5, 0.6) is 0 Å². The number of carbonyl (C=O) groups excluding carboxylic acids is 2. The number of aliphatic hydroxyl groups excluding tert-OH is 1. The van der Waals surface area contributed by atoms with Crippen molar-refractivity contribution in [1.82, 2.24) is 0 Å². The Morgan fingerprint density at radius 1 is 0.938 bits per heavy atom. The van der Waals surface area contributed by atoms with Crippen LogP contribution in [0.25, 0.3) is 0 Å². The maximum Gasteiger partial charge on any atom is 0.337 e. The molecule has 0 aliphatic heterocycles. The third-order valence-electron chi connectivity index (χ3n) is 5.94. The van der Waals surface area contributed by atoms with E-state index in [0.717, 1.165) is 19.8 Å². The highest BCUT2D eigenvalue weighted by Crippen LogP contribution is 2.58. The first-order valence-electron chi connectivity index (χ1n) is 9.89. The van der Waals surface area contributed by atoms with Gasteiger partial charge < -0.3 is 14.6 Å². The lowest BCUT2D eigenvalue weighted by Gasteiger charge is -2.44. The second-order valence-electron chi connectivity index (χ2n) is 7.62. The molecule has 1 aliphatic carbocycles. The summed E-state index contributed by atoms with van der Waals surface area (Å²) in [5.74, 6) is -6.08. The van der Waals surface area contributed by atoms with Gasteiger partial charge in [0, 0.05) is 5.92 Å². The third-order valence-corrected chi connectivity index (χ3v) is 5.94. The van der Waals surface area contributed by atoms with Crippen LogP contribution < -0.4 is 0 Å². The Morgan fingerprint density at radius 3 is 2.03 bits per heavy atom. The summed E-state index contributed by atoms with van der Waals surface area (Å²) in [5.41, 5.74) is -0.343. The van der Waals surface area contributed by atoms with Gasteiger partial charge in [-0.15, -0.1) is 0 Å². The Labute approximate surface area is 186 Å². The fraction of sp³-hybridized carbons (Fsp3) is 0.280. The molecule has 1 N–H and O–H groups in total. The fourth-order valence-electron chi connectivity index (χ4n) is 4.45. The van der Waals surface area contributed by atoms with E-state index in [4.69, 9.17) is 9.47 Å². The number of nitriles is 2. The molecule has 0 heterocycles. The molecule has 0 unspecified atom stereocenters. The van der Waals surface area contributed by atoms with Crippen LogP contribution in [0.1, 0.15) is 28.5 Å². The Bertz CT molecular complexity index is 1130. The quantitative estimate of drug-likeness (QED) is 0.735. The number of benzene rings is 2. The van der Waals surface area contributed by atoms with Gasteiger partial charge in [-0.2, -0.15) is 10.5 Å². The van der Waals surface area contributed by atoms with Gasteiger partial charge in [0.25, 0.3) is 0 Å². The van der Waals surface area contributed by atoms with Crippen LogP contribution in [0, 0.1) is 40.9 Å². The van der Waals surface area contributed by atoms with E-state index in [2.05, 4.69) is 12.1 Å². The lowest BCUT2D eigenvalue weighted by molar-refractivity contribution is -0.147. The molecular weight excluding hydrogens is 408 g/mol. The standard InChI is InChI=1S/C25H22N2O5/c1-15-9-11-17(12-10-15)21-19(24(30)32-3)22(28)18(23(29)31-2)20(25(21,13-26)14-27)16-7-5-4-6-8-16/h4-12,18,20-21,28H,1-3H3/t18-,20+,21+/m1/s1. The molecule has 162 valence electrons. The molecule has 0 radical (unpaired) electrons. The van der Waals surface area contributed by atoms with Gasteiger partial charge in [-0.05, 0) is 18.1 Å². The summed E-state index contributed by atoms with van der Waals surface area (Å²) in [7, 11) is 2.27. The molecule has 1 aliphatic rings. The van der Waals surface area contributed by atoms with Crippen molar-refractivity contribution in [2.24, 2.45) is 11.3 Å². The maximum atomic E-state index is 12.8. The van der Waals surface area contributed by atoms with Crippen LogP contribution in [0.4, 0.5) is 0 Å². The number of esters is 2. The Kier molecular flexibility index (Phi) is 6.32. The van der Waals surface area contributed by atoms with Crippen molar-refractivity contribution in [2.75, 3.05) is 14.2 Å². The first kappa shape index (κ1) is 22.6. The van der Waals surface area contributed by atoms with E-state index in [1.54, 1.807) is 54.6 Å². The number of aliphatic hydroxyl groups is 1. The maximum absolute atomic E-state index is 12.8. The lowest BCUT2D eigenvalue weighted by Crippen LogP contribution is -2.47. The van der Waals surface area contributed by atoms with E-state index in [-0.39, 0.29) is 5.57 Å². The van der Waals surface area contributed by atoms with Crippen molar-refractivity contribution >= 4 is 11.9 Å². The molecule has 2 aromatic carbocycles. The molecule has 0 spiro atoms. The van der Waals surface area contributed by atoms with Crippen LogP contribution in [0.2, 0.25) is 0 Å². The van der Waals surface area contributed by atoms with Gasteiger partial charge in [0.2, 0.25) is 0 Å². The Balaban J connectivity index is 2.47. The second-order valence-corrected chi connectivity index (χ2v) is 7.62. The minimum atomic E-state index is -1.93. The number of methoxy groups -OCH3 is 2. The van der Waals surface area contributed by atoms with Gasteiger partial charge >= 0.3 is 11.9 Å². The Morgan fingerprint density at radius 2 is 1.53 bits per heavy atom. The van der Waals surface area contributed by atoms with Crippen molar-refractivity contribution in [3.8, 4) is 12.1 Å². The molecule has 0 aromatic heterocycles. The summed E-state index contributed by atoms with van der Waals surface area (Å²) in [4.78, 5) is 25.7. The normalized spacial score (nSPS) is 21.7. The van der Waals surface area contributed by atoms with Crippen LogP contribution in [0.15, 0.2) is 65.9 Å². The smallest absolute Gasteiger partial charge is 0.337 e. The van der Waals surface area contributed by atoms with Crippen LogP contribution in [0.3, 0.4) is 0 Å². The number of hydrogen-bond acceptors (Lipinski definition) is 7. The molecule has 7 heteroatoms. The summed E-state index contributed by atoms with van der Waals surface area (Å²) in [6.45, 7) is 1.88. The van der Waals surface area contributed by atoms with Gasteiger partial charge in [0.1, 0.15) is 11.7 Å². The number of rotatable bonds is 4. The zero-order chi connectivity index (χ0) is 23.5. The van der Waals surface area contributed by atoms with Crippen molar-refractivity contribution in [1.29, 1.82) is 10.5 Å². The van der Waals surface area contributed by atoms with Crippen molar-refractivity contribution in [3.05, 3.63) is 82.6 Å². The summed E-state index contributed by atoms with van der Waals surface area (Å²) in [5, 5.41) is 32.1. The summed E-state index contributed by atoms with van der Waals surface area (Å²) in [6.07, 6.45) is 0. The van der Waals surface area contributed by atoms with E-state index in [9.17, 15) is 25.2 Å². The number of aryl methyl sites for hydroxylation is 1. The second kappa shape index (κ2) is 8.95. The Hall–Kier alpha value is -4.10. The number of ether oxygens (including phenoxy) is 2. The summed E-state index contributed by atoms with van der Waals surface area (Å²) < 4.78 is 9.80. The molecule has 0 bridgehead atoms. The average molecular weight is 430 g/mol. The molecule has 3 atom stereocenters. The van der Waals surface area contributed by atoms with Crippen molar-refractivity contribution in [3.63, 3.8) is 0 Å². The summed E-state index contributed by atoms with van der Waals surface area (Å²) in [6, 6.07) is 19.7.